The zero-order chi connectivity index (χ0) is 16.6. The standard InChI is InChI=1S/C16H20N2O4S/c1-10(17-16(20)13-6-7-23(21,22)9-13)11-2-4-14-12(8-11)3-5-15(19)18-14/h2,4,8,10,13H,3,5-7,9H2,1H3,(H,17,20)(H,18,19)/t10-,13-/m1/s1. The highest BCUT2D eigenvalue weighted by Crippen LogP contribution is 2.26. The van der Waals surface area contributed by atoms with E-state index in [2.05, 4.69) is 10.6 Å². The lowest BCUT2D eigenvalue weighted by molar-refractivity contribution is -0.125. The van der Waals surface area contributed by atoms with Gasteiger partial charge >= 0.3 is 0 Å². The van der Waals surface area contributed by atoms with Gasteiger partial charge in [-0.25, -0.2) is 8.42 Å². The number of fused-ring (bicyclic) bond motifs is 1. The van der Waals surface area contributed by atoms with E-state index >= 15 is 0 Å². The van der Waals surface area contributed by atoms with Crippen LogP contribution in [0.1, 0.15) is 36.9 Å². The molecule has 0 bridgehead atoms. The van der Waals surface area contributed by atoms with Gasteiger partial charge < -0.3 is 10.6 Å². The maximum Gasteiger partial charge on any atom is 0.224 e. The van der Waals surface area contributed by atoms with E-state index in [1.807, 2.05) is 25.1 Å². The third kappa shape index (κ3) is 3.55. The minimum Gasteiger partial charge on any atom is -0.349 e. The summed E-state index contributed by atoms with van der Waals surface area (Å²) in [4.78, 5) is 23.6. The van der Waals surface area contributed by atoms with Crippen LogP contribution in [0.4, 0.5) is 5.69 Å². The third-order valence-corrected chi connectivity index (χ3v) is 6.25. The van der Waals surface area contributed by atoms with Crippen molar-refractivity contribution in [1.82, 2.24) is 5.32 Å². The molecule has 0 aromatic heterocycles. The Morgan fingerprint density at radius 1 is 1.35 bits per heavy atom. The van der Waals surface area contributed by atoms with Crippen LogP contribution in [0.25, 0.3) is 0 Å². The number of anilines is 1. The van der Waals surface area contributed by atoms with Crippen molar-refractivity contribution in [3.05, 3.63) is 29.3 Å². The molecule has 2 heterocycles. The van der Waals surface area contributed by atoms with E-state index in [1.54, 1.807) is 0 Å². The number of carbonyl (C=O) groups is 2. The fourth-order valence-electron chi connectivity index (χ4n) is 3.09. The van der Waals surface area contributed by atoms with Crippen LogP contribution in [0.5, 0.6) is 0 Å². The average molecular weight is 336 g/mol. The molecular weight excluding hydrogens is 316 g/mol. The van der Waals surface area contributed by atoms with Crippen LogP contribution in [0.3, 0.4) is 0 Å². The van der Waals surface area contributed by atoms with E-state index in [-0.39, 0.29) is 29.4 Å². The number of nitrogens with one attached hydrogen (secondary N) is 2. The van der Waals surface area contributed by atoms with Crippen LogP contribution in [0, 0.1) is 5.92 Å². The first-order chi connectivity index (χ1) is 10.8. The lowest BCUT2D eigenvalue weighted by Crippen LogP contribution is -2.33. The zero-order valence-electron chi connectivity index (χ0n) is 13.0. The van der Waals surface area contributed by atoms with Crippen molar-refractivity contribution >= 4 is 27.3 Å². The summed E-state index contributed by atoms with van der Waals surface area (Å²) in [6.45, 7) is 1.88. The number of amides is 2. The summed E-state index contributed by atoms with van der Waals surface area (Å²) < 4.78 is 22.9. The first-order valence-electron chi connectivity index (χ1n) is 7.77. The topological polar surface area (TPSA) is 92.3 Å². The molecule has 3 rings (SSSR count). The Labute approximate surface area is 135 Å². The van der Waals surface area contributed by atoms with Crippen LogP contribution in [-0.4, -0.2) is 31.7 Å². The molecule has 7 heteroatoms. The van der Waals surface area contributed by atoms with Crippen LogP contribution in [0.15, 0.2) is 18.2 Å². The summed E-state index contributed by atoms with van der Waals surface area (Å²) in [5.74, 6) is -0.585. The highest BCUT2D eigenvalue weighted by Gasteiger charge is 2.33. The molecule has 0 aliphatic carbocycles. The fourth-order valence-corrected chi connectivity index (χ4v) is 4.83. The van der Waals surface area contributed by atoms with E-state index < -0.39 is 15.8 Å². The number of carbonyl (C=O) groups excluding carboxylic acids is 2. The van der Waals surface area contributed by atoms with Gasteiger partial charge in [-0.05, 0) is 37.0 Å². The SMILES string of the molecule is C[C@@H](NC(=O)[C@@H]1CCS(=O)(=O)C1)c1ccc2c(c1)CCC(=O)N2. The molecule has 6 nitrogen and oxygen atoms in total. The normalized spacial score (nSPS) is 23.7. The predicted molar refractivity (Wildman–Crippen MR) is 86.7 cm³/mol. The molecule has 2 N–H and O–H groups in total. The Kier molecular flexibility index (Phi) is 4.14. The van der Waals surface area contributed by atoms with Crippen LogP contribution in [-0.2, 0) is 25.8 Å². The number of benzene rings is 1. The van der Waals surface area contributed by atoms with Gasteiger partial charge in [0, 0.05) is 12.1 Å². The van der Waals surface area contributed by atoms with Gasteiger partial charge in [0.15, 0.2) is 9.84 Å². The summed E-state index contributed by atoms with van der Waals surface area (Å²) in [6, 6.07) is 5.52. The van der Waals surface area contributed by atoms with Crippen molar-refractivity contribution < 1.29 is 18.0 Å². The van der Waals surface area contributed by atoms with Crippen molar-refractivity contribution in [3.8, 4) is 0 Å². The lowest BCUT2D eigenvalue weighted by Gasteiger charge is -2.21. The van der Waals surface area contributed by atoms with Crippen molar-refractivity contribution in [3.63, 3.8) is 0 Å². The van der Waals surface area contributed by atoms with Crippen molar-refractivity contribution in [2.45, 2.75) is 32.2 Å². The second-order valence-electron chi connectivity index (χ2n) is 6.29. The zero-order valence-corrected chi connectivity index (χ0v) is 13.8. The Balaban J connectivity index is 1.68. The molecule has 0 unspecified atom stereocenters. The molecular formula is C16H20N2O4S. The molecule has 1 saturated heterocycles. The summed E-state index contributed by atoms with van der Waals surface area (Å²) >= 11 is 0. The molecule has 2 atom stereocenters. The molecule has 0 saturated carbocycles. The lowest BCUT2D eigenvalue weighted by atomic mass is 9.97. The Hall–Kier alpha value is -1.89. The quantitative estimate of drug-likeness (QED) is 0.867. The highest BCUT2D eigenvalue weighted by molar-refractivity contribution is 7.91. The highest BCUT2D eigenvalue weighted by atomic mass is 32.2. The number of sulfone groups is 1. The third-order valence-electron chi connectivity index (χ3n) is 4.49. The average Bonchev–Trinajstić information content (AvgIpc) is 2.87. The number of rotatable bonds is 3. The van der Waals surface area contributed by atoms with Crippen LogP contribution < -0.4 is 10.6 Å². The molecule has 23 heavy (non-hydrogen) atoms. The van der Waals surface area contributed by atoms with Gasteiger partial charge in [-0.2, -0.15) is 0 Å². The molecule has 1 fully saturated rings. The maximum absolute atomic E-state index is 12.2. The van der Waals surface area contributed by atoms with Crippen molar-refractivity contribution in [2.75, 3.05) is 16.8 Å². The van der Waals surface area contributed by atoms with Gasteiger partial charge in [-0.1, -0.05) is 12.1 Å². The van der Waals surface area contributed by atoms with E-state index in [4.69, 9.17) is 0 Å². The summed E-state index contributed by atoms with van der Waals surface area (Å²) in [7, 11) is -3.06. The molecule has 1 aromatic rings. The first kappa shape index (κ1) is 16.0. The maximum atomic E-state index is 12.2. The van der Waals surface area contributed by atoms with Crippen LogP contribution in [0.2, 0.25) is 0 Å². The monoisotopic (exact) mass is 336 g/mol. The molecule has 2 aliphatic heterocycles. The van der Waals surface area contributed by atoms with E-state index in [1.165, 1.54) is 0 Å². The van der Waals surface area contributed by atoms with E-state index in [0.717, 1.165) is 16.8 Å². The largest absolute Gasteiger partial charge is 0.349 e. The Morgan fingerprint density at radius 2 is 2.13 bits per heavy atom. The molecule has 0 radical (unpaired) electrons. The van der Waals surface area contributed by atoms with Crippen molar-refractivity contribution in [2.24, 2.45) is 5.92 Å². The van der Waals surface area contributed by atoms with Gasteiger partial charge in [0.25, 0.3) is 0 Å². The minimum absolute atomic E-state index is 0.0223. The summed E-state index contributed by atoms with van der Waals surface area (Å²) in [5.41, 5.74) is 2.84. The van der Waals surface area contributed by atoms with E-state index in [9.17, 15) is 18.0 Å². The van der Waals surface area contributed by atoms with Gasteiger partial charge in [-0.15, -0.1) is 0 Å². The predicted octanol–water partition coefficient (Wildman–Crippen LogP) is 1.18. The second kappa shape index (κ2) is 5.96. The van der Waals surface area contributed by atoms with Gasteiger partial charge in [-0.3, -0.25) is 9.59 Å². The number of hydrogen-bond donors (Lipinski definition) is 2. The van der Waals surface area contributed by atoms with Gasteiger partial charge in [0.05, 0.1) is 23.5 Å². The molecule has 124 valence electrons. The number of hydrogen-bond acceptors (Lipinski definition) is 4. The van der Waals surface area contributed by atoms with Gasteiger partial charge in [0.2, 0.25) is 11.8 Å². The van der Waals surface area contributed by atoms with Gasteiger partial charge in [0.1, 0.15) is 0 Å². The first-order valence-corrected chi connectivity index (χ1v) is 9.60. The summed E-state index contributed by atoms with van der Waals surface area (Å²) in [6.07, 6.45) is 1.56. The molecule has 1 aromatic carbocycles. The summed E-state index contributed by atoms with van der Waals surface area (Å²) in [5, 5.41) is 5.73. The van der Waals surface area contributed by atoms with Crippen LogP contribution >= 0.6 is 0 Å². The van der Waals surface area contributed by atoms with E-state index in [0.29, 0.717) is 19.3 Å². The Morgan fingerprint density at radius 3 is 2.83 bits per heavy atom. The van der Waals surface area contributed by atoms with Crippen molar-refractivity contribution in [1.29, 1.82) is 0 Å². The molecule has 0 spiro atoms. The smallest absolute Gasteiger partial charge is 0.224 e. The second-order valence-corrected chi connectivity index (χ2v) is 8.52. The molecule has 2 aliphatic rings. The minimum atomic E-state index is -3.06. The fraction of sp³-hybridized carbons (Fsp3) is 0.500. The molecule has 2 amide bonds. The number of aryl methyl sites for hydroxylation is 1. The Bertz CT molecular complexity index is 757.